The largest absolute Gasteiger partial charge is 0.365 e. The molecule has 3 aromatic rings. The van der Waals surface area contributed by atoms with Crippen molar-refractivity contribution >= 4 is 28.3 Å². The van der Waals surface area contributed by atoms with Crippen LogP contribution in [-0.2, 0) is 13.1 Å². The Labute approximate surface area is 186 Å². The number of hydrogen-bond acceptors (Lipinski definition) is 6. The lowest BCUT2D eigenvalue weighted by molar-refractivity contribution is 0.388. The quantitative estimate of drug-likeness (QED) is 0.379. The Balaban J connectivity index is 1.30. The molecular weight excluding hydrogens is 414 g/mol. The Morgan fingerprint density at radius 2 is 2.19 bits per heavy atom. The predicted molar refractivity (Wildman–Crippen MR) is 125 cm³/mol. The van der Waals surface area contributed by atoms with E-state index in [0.717, 1.165) is 41.8 Å². The molecule has 0 saturated carbocycles. The fourth-order valence-electron chi connectivity index (χ4n) is 4.08. The Kier molecular flexibility index (Phi) is 7.21. The summed E-state index contributed by atoms with van der Waals surface area (Å²) in [5, 5.41) is 19.2. The van der Waals surface area contributed by atoms with Gasteiger partial charge >= 0.3 is 0 Å². The van der Waals surface area contributed by atoms with E-state index in [9.17, 15) is 4.79 Å². The van der Waals surface area contributed by atoms with Gasteiger partial charge in [0.1, 0.15) is 0 Å². The minimum Gasteiger partial charge on any atom is -0.365 e. The zero-order valence-corrected chi connectivity index (χ0v) is 18.6. The Morgan fingerprint density at radius 3 is 3.03 bits per heavy atom. The number of fused-ring (bicyclic) bond motifs is 1. The highest BCUT2D eigenvalue weighted by Crippen LogP contribution is 2.20. The van der Waals surface area contributed by atoms with Gasteiger partial charge in [-0.3, -0.25) is 9.89 Å². The highest BCUT2D eigenvalue weighted by molar-refractivity contribution is 6.31. The summed E-state index contributed by atoms with van der Waals surface area (Å²) in [6, 6.07) is 6.18. The van der Waals surface area contributed by atoms with Crippen molar-refractivity contribution in [2.45, 2.75) is 51.7 Å². The number of halogens is 1. The highest BCUT2D eigenvalue weighted by atomic mass is 35.5. The van der Waals surface area contributed by atoms with Crippen LogP contribution in [0.1, 0.15) is 37.1 Å². The standard InChI is InChI=1S/C22H30ClN7O/c1-15-13-27-21(26-9-7-17-4-2-3-8-25-17)22(31)30(15)11-10-24-14-20-18-12-16(23)5-6-19(18)28-29-20/h5-6,12-13,17,24-25H,2-4,7-11,14H2,1H3,(H,26,27)(H,28,29)/t17-/m0/s1. The molecule has 1 fully saturated rings. The van der Waals surface area contributed by atoms with Crippen molar-refractivity contribution in [1.29, 1.82) is 0 Å². The van der Waals surface area contributed by atoms with Crippen LogP contribution in [0, 0.1) is 6.92 Å². The molecule has 9 heteroatoms. The number of anilines is 1. The average Bonchev–Trinajstić information content (AvgIpc) is 3.17. The molecule has 3 heterocycles. The lowest BCUT2D eigenvalue weighted by Crippen LogP contribution is -2.36. The molecule has 31 heavy (non-hydrogen) atoms. The maximum atomic E-state index is 12.9. The van der Waals surface area contributed by atoms with Crippen LogP contribution in [0.3, 0.4) is 0 Å². The van der Waals surface area contributed by atoms with E-state index in [2.05, 4.69) is 31.1 Å². The summed E-state index contributed by atoms with van der Waals surface area (Å²) in [6.45, 7) is 5.59. The number of aromatic nitrogens is 4. The number of nitrogens with one attached hydrogen (secondary N) is 4. The number of aryl methyl sites for hydroxylation is 1. The Morgan fingerprint density at radius 1 is 1.29 bits per heavy atom. The van der Waals surface area contributed by atoms with Crippen LogP contribution in [0.2, 0.25) is 5.02 Å². The van der Waals surface area contributed by atoms with Gasteiger partial charge in [-0.15, -0.1) is 0 Å². The summed E-state index contributed by atoms with van der Waals surface area (Å²) >= 11 is 6.10. The first-order chi connectivity index (χ1) is 15.1. The molecule has 2 aromatic heterocycles. The van der Waals surface area contributed by atoms with E-state index in [-0.39, 0.29) is 5.56 Å². The van der Waals surface area contributed by atoms with E-state index in [1.807, 2.05) is 25.1 Å². The molecule has 0 spiro atoms. The van der Waals surface area contributed by atoms with Crippen molar-refractivity contribution in [3.63, 3.8) is 0 Å². The summed E-state index contributed by atoms with van der Waals surface area (Å²) in [7, 11) is 0. The van der Waals surface area contributed by atoms with E-state index in [1.54, 1.807) is 10.8 Å². The van der Waals surface area contributed by atoms with Crippen LogP contribution >= 0.6 is 11.6 Å². The van der Waals surface area contributed by atoms with Crippen molar-refractivity contribution in [2.75, 3.05) is 25.0 Å². The van der Waals surface area contributed by atoms with E-state index >= 15 is 0 Å². The van der Waals surface area contributed by atoms with Crippen LogP contribution < -0.4 is 21.5 Å². The first-order valence-corrected chi connectivity index (χ1v) is 11.4. The van der Waals surface area contributed by atoms with Crippen molar-refractivity contribution < 1.29 is 0 Å². The van der Waals surface area contributed by atoms with Crippen molar-refractivity contribution in [1.82, 2.24) is 30.4 Å². The summed E-state index contributed by atoms with van der Waals surface area (Å²) in [6.07, 6.45) is 6.50. The molecule has 0 bridgehead atoms. The number of benzene rings is 1. The second-order valence-corrected chi connectivity index (χ2v) is 8.54. The number of rotatable bonds is 9. The maximum absolute atomic E-state index is 12.9. The minimum atomic E-state index is -0.0721. The Bertz CT molecular complexity index is 1070. The van der Waals surface area contributed by atoms with E-state index in [1.165, 1.54) is 19.3 Å². The summed E-state index contributed by atoms with van der Waals surface area (Å²) in [4.78, 5) is 17.2. The predicted octanol–water partition coefficient (Wildman–Crippen LogP) is 2.82. The number of aromatic amines is 1. The molecule has 8 nitrogen and oxygen atoms in total. The molecule has 0 radical (unpaired) electrons. The SMILES string of the molecule is Cc1cnc(NCC[C@@H]2CCCCN2)c(=O)n1CCNCc1[nH]nc2ccc(Cl)cc12. The van der Waals surface area contributed by atoms with Gasteiger partial charge in [-0.05, 0) is 50.9 Å². The van der Waals surface area contributed by atoms with Gasteiger partial charge in [0.2, 0.25) is 0 Å². The molecule has 0 aliphatic carbocycles. The third-order valence-corrected chi connectivity index (χ3v) is 6.10. The van der Waals surface area contributed by atoms with E-state index < -0.39 is 0 Å². The monoisotopic (exact) mass is 443 g/mol. The highest BCUT2D eigenvalue weighted by Gasteiger charge is 2.13. The number of nitrogens with zero attached hydrogens (tertiary/aromatic N) is 3. The third kappa shape index (κ3) is 5.44. The van der Waals surface area contributed by atoms with Gasteiger partial charge in [0, 0.05) is 54.5 Å². The number of piperidine rings is 1. The molecule has 1 saturated heterocycles. The molecule has 1 aliphatic rings. The van der Waals surface area contributed by atoms with Crippen LogP contribution in [0.5, 0.6) is 0 Å². The van der Waals surface area contributed by atoms with Crippen molar-refractivity contribution in [3.05, 3.63) is 51.2 Å². The molecule has 4 N–H and O–H groups in total. The fourth-order valence-corrected chi connectivity index (χ4v) is 4.25. The molecule has 1 aromatic carbocycles. The molecule has 1 atom stereocenters. The fraction of sp³-hybridized carbons (Fsp3) is 0.500. The summed E-state index contributed by atoms with van der Waals surface area (Å²) in [5.74, 6) is 0.426. The van der Waals surface area contributed by atoms with Crippen LogP contribution in [0.25, 0.3) is 10.9 Å². The smallest absolute Gasteiger partial charge is 0.293 e. The van der Waals surface area contributed by atoms with Gasteiger partial charge in [-0.25, -0.2) is 4.98 Å². The molecule has 4 rings (SSSR count). The maximum Gasteiger partial charge on any atom is 0.293 e. The molecular formula is C22H30ClN7O. The first-order valence-electron chi connectivity index (χ1n) is 11.0. The van der Waals surface area contributed by atoms with E-state index in [0.29, 0.717) is 36.5 Å². The van der Waals surface area contributed by atoms with Crippen molar-refractivity contribution in [3.8, 4) is 0 Å². The second kappa shape index (κ2) is 10.3. The Hall–Kier alpha value is -2.42. The molecule has 166 valence electrons. The zero-order valence-electron chi connectivity index (χ0n) is 17.9. The lowest BCUT2D eigenvalue weighted by atomic mass is 10.0. The average molecular weight is 444 g/mol. The first kappa shape index (κ1) is 21.8. The van der Waals surface area contributed by atoms with E-state index in [4.69, 9.17) is 11.6 Å². The van der Waals surface area contributed by atoms with Gasteiger partial charge in [0.05, 0.1) is 11.2 Å². The minimum absolute atomic E-state index is 0.0721. The van der Waals surface area contributed by atoms with Gasteiger partial charge in [0.25, 0.3) is 5.56 Å². The normalized spacial score (nSPS) is 16.6. The van der Waals surface area contributed by atoms with Gasteiger partial charge < -0.3 is 20.5 Å². The third-order valence-electron chi connectivity index (χ3n) is 5.86. The van der Waals surface area contributed by atoms with Gasteiger partial charge in [-0.2, -0.15) is 5.10 Å². The molecule has 1 aliphatic heterocycles. The van der Waals surface area contributed by atoms with Gasteiger partial charge in [0.15, 0.2) is 5.82 Å². The van der Waals surface area contributed by atoms with Crippen LogP contribution in [0.15, 0.2) is 29.2 Å². The lowest BCUT2D eigenvalue weighted by Gasteiger charge is -2.23. The molecule has 0 amide bonds. The molecule has 0 unspecified atom stereocenters. The topological polar surface area (TPSA) is 99.7 Å². The summed E-state index contributed by atoms with van der Waals surface area (Å²) in [5.41, 5.74) is 2.65. The number of hydrogen-bond donors (Lipinski definition) is 4. The van der Waals surface area contributed by atoms with Crippen molar-refractivity contribution in [2.24, 2.45) is 0 Å². The zero-order chi connectivity index (χ0) is 21.6. The number of H-pyrrole nitrogens is 1. The van der Waals surface area contributed by atoms with Gasteiger partial charge in [-0.1, -0.05) is 18.0 Å². The van der Waals surface area contributed by atoms with Crippen LogP contribution in [-0.4, -0.2) is 45.4 Å². The second-order valence-electron chi connectivity index (χ2n) is 8.11. The summed E-state index contributed by atoms with van der Waals surface area (Å²) < 4.78 is 1.77. The van der Waals surface area contributed by atoms with Crippen LogP contribution in [0.4, 0.5) is 5.82 Å².